The molecule has 0 fully saturated rings. The second-order valence-corrected chi connectivity index (χ2v) is 18.6. The van der Waals surface area contributed by atoms with Gasteiger partial charge in [0.2, 0.25) is 5.91 Å². The Bertz CT molecular complexity index is 852. The van der Waals surface area contributed by atoms with Crippen LogP contribution in [-0.4, -0.2) is 46.9 Å². The van der Waals surface area contributed by atoms with Crippen LogP contribution in [0.1, 0.15) is 303 Å². The maximum atomic E-state index is 13.2. The molecule has 0 spiro atoms. The minimum Gasteiger partial charge on any atom is -0.462 e. The molecule has 3 N–H and O–H groups in total. The van der Waals surface area contributed by atoms with Crippen molar-refractivity contribution in [2.75, 3.05) is 6.61 Å². The zero-order chi connectivity index (χ0) is 43.1. The topological polar surface area (TPSA) is 95.9 Å². The van der Waals surface area contributed by atoms with Crippen LogP contribution in [0.4, 0.5) is 0 Å². The maximum Gasteiger partial charge on any atom is 0.306 e. The Balaban J connectivity index is 4.50. The van der Waals surface area contributed by atoms with Gasteiger partial charge in [-0.15, -0.1) is 0 Å². The molecular weight excluding hydrogens is 731 g/mol. The predicted molar refractivity (Wildman–Crippen MR) is 255 cm³/mol. The molecule has 3 unspecified atom stereocenters. The molecule has 0 aliphatic rings. The number of unbranched alkanes of at least 4 members (excludes halogenated alkanes) is 37. The summed E-state index contributed by atoms with van der Waals surface area (Å²) in [5.41, 5.74) is 0. The van der Waals surface area contributed by atoms with E-state index in [4.69, 9.17) is 4.74 Å². The highest BCUT2D eigenvalue weighted by Gasteiger charge is 2.24. The average molecular weight is 836 g/mol. The van der Waals surface area contributed by atoms with E-state index in [2.05, 4.69) is 26.1 Å². The van der Waals surface area contributed by atoms with Gasteiger partial charge in [-0.2, -0.15) is 0 Å². The van der Waals surface area contributed by atoms with Crippen LogP contribution in [0.15, 0.2) is 0 Å². The fourth-order valence-electron chi connectivity index (χ4n) is 8.61. The molecule has 0 radical (unpaired) electrons. The lowest BCUT2D eigenvalue weighted by Crippen LogP contribution is -2.46. The zero-order valence-electron chi connectivity index (χ0n) is 40.2. The van der Waals surface area contributed by atoms with Gasteiger partial charge in [0.05, 0.1) is 25.2 Å². The Labute approximate surface area is 368 Å². The van der Waals surface area contributed by atoms with Gasteiger partial charge in [-0.3, -0.25) is 9.59 Å². The van der Waals surface area contributed by atoms with Gasteiger partial charge in [-0.05, 0) is 25.7 Å². The number of carbonyl (C=O) groups excluding carboxylic acids is 2. The number of nitrogens with one attached hydrogen (secondary N) is 1. The lowest BCUT2D eigenvalue weighted by Gasteiger charge is -2.24. The smallest absolute Gasteiger partial charge is 0.306 e. The Hall–Kier alpha value is -1.14. The molecule has 0 rings (SSSR count). The molecule has 6 heteroatoms. The van der Waals surface area contributed by atoms with Gasteiger partial charge in [0, 0.05) is 6.42 Å². The molecule has 3 atom stereocenters. The highest BCUT2D eigenvalue weighted by Crippen LogP contribution is 2.19. The first-order valence-electron chi connectivity index (χ1n) is 26.8. The number of esters is 1. The van der Waals surface area contributed by atoms with Gasteiger partial charge < -0.3 is 20.3 Å². The van der Waals surface area contributed by atoms with Gasteiger partial charge in [0.25, 0.3) is 0 Å². The molecule has 1 amide bonds. The molecule has 352 valence electrons. The number of aliphatic hydroxyl groups is 2. The Kier molecular flexibility index (Phi) is 47.0. The number of ether oxygens (including phenoxy) is 1. The summed E-state index contributed by atoms with van der Waals surface area (Å²) in [5, 5.41) is 23.8. The molecule has 0 aromatic heterocycles. The number of hydrogen-bond acceptors (Lipinski definition) is 5. The molecule has 0 aromatic carbocycles. The van der Waals surface area contributed by atoms with E-state index in [-0.39, 0.29) is 24.9 Å². The number of aliphatic hydroxyl groups excluding tert-OH is 2. The molecule has 59 heavy (non-hydrogen) atoms. The van der Waals surface area contributed by atoms with Crippen LogP contribution in [0.5, 0.6) is 0 Å². The lowest BCUT2D eigenvalue weighted by molar-refractivity contribution is -0.151. The summed E-state index contributed by atoms with van der Waals surface area (Å²) in [6.07, 6.45) is 51.6. The summed E-state index contributed by atoms with van der Waals surface area (Å²) in [6, 6.07) is -0.692. The van der Waals surface area contributed by atoms with Crippen molar-refractivity contribution in [2.45, 2.75) is 322 Å². The third-order valence-corrected chi connectivity index (χ3v) is 12.7. The Morgan fingerprint density at radius 2 is 0.712 bits per heavy atom. The van der Waals surface area contributed by atoms with Crippen LogP contribution in [0.25, 0.3) is 0 Å². The quantitative estimate of drug-likeness (QED) is 0.0419. The monoisotopic (exact) mass is 836 g/mol. The van der Waals surface area contributed by atoms with Crippen molar-refractivity contribution in [1.82, 2.24) is 5.32 Å². The average Bonchev–Trinajstić information content (AvgIpc) is 3.23. The highest BCUT2D eigenvalue weighted by molar-refractivity contribution is 5.77. The molecule has 0 aromatic rings. The van der Waals surface area contributed by atoms with E-state index in [1.54, 1.807) is 0 Å². The second kappa shape index (κ2) is 47.9. The largest absolute Gasteiger partial charge is 0.462 e. The summed E-state index contributed by atoms with van der Waals surface area (Å²) in [6.45, 7) is 6.51. The van der Waals surface area contributed by atoms with Gasteiger partial charge in [0.1, 0.15) is 6.10 Å². The first kappa shape index (κ1) is 57.9. The normalized spacial score (nSPS) is 13.1. The summed E-state index contributed by atoms with van der Waals surface area (Å²) in [4.78, 5) is 26.1. The van der Waals surface area contributed by atoms with Crippen LogP contribution >= 0.6 is 0 Å². The number of hydrogen-bond donors (Lipinski definition) is 3. The van der Waals surface area contributed by atoms with Gasteiger partial charge in [-0.1, -0.05) is 265 Å². The summed E-state index contributed by atoms with van der Waals surface area (Å²) >= 11 is 0. The minimum absolute atomic E-state index is 0.0880. The molecule has 0 aliphatic carbocycles. The molecule has 0 heterocycles. The summed E-state index contributed by atoms with van der Waals surface area (Å²) in [7, 11) is 0. The first-order chi connectivity index (χ1) is 29.0. The van der Waals surface area contributed by atoms with Crippen molar-refractivity contribution in [3.8, 4) is 0 Å². The van der Waals surface area contributed by atoms with Crippen molar-refractivity contribution < 1.29 is 24.5 Å². The molecule has 0 bridgehead atoms. The van der Waals surface area contributed by atoms with Gasteiger partial charge in [-0.25, -0.2) is 0 Å². The molecule has 0 aliphatic heterocycles. The first-order valence-corrected chi connectivity index (χ1v) is 26.8. The third kappa shape index (κ3) is 43.3. The van der Waals surface area contributed by atoms with E-state index >= 15 is 0 Å². The fourth-order valence-corrected chi connectivity index (χ4v) is 8.61. The van der Waals surface area contributed by atoms with E-state index < -0.39 is 18.2 Å². The second-order valence-electron chi connectivity index (χ2n) is 18.6. The summed E-state index contributed by atoms with van der Waals surface area (Å²) in [5.74, 6) is -0.450. The van der Waals surface area contributed by atoms with Crippen LogP contribution in [0.3, 0.4) is 0 Å². The van der Waals surface area contributed by atoms with Crippen LogP contribution in [0.2, 0.25) is 0 Å². The lowest BCUT2D eigenvalue weighted by atomic mass is 10.0. The Morgan fingerprint density at radius 3 is 1.03 bits per heavy atom. The Morgan fingerprint density at radius 1 is 0.424 bits per heavy atom. The SMILES string of the molecule is CCCCCCCCCCCCCCCCCCC(CC(=O)NC(CO)C(O)CCCCCCCCCCCCCCC)OC(=O)CCCCCCCCCCCCC. The van der Waals surface area contributed by atoms with Crippen molar-refractivity contribution in [3.63, 3.8) is 0 Å². The zero-order valence-corrected chi connectivity index (χ0v) is 40.2. The predicted octanol–water partition coefficient (Wildman–Crippen LogP) is 16.0. The van der Waals surface area contributed by atoms with Crippen molar-refractivity contribution in [1.29, 1.82) is 0 Å². The van der Waals surface area contributed by atoms with Crippen molar-refractivity contribution in [3.05, 3.63) is 0 Å². The number of rotatable bonds is 49. The van der Waals surface area contributed by atoms with Crippen LogP contribution in [0, 0.1) is 0 Å². The third-order valence-electron chi connectivity index (χ3n) is 12.7. The number of amides is 1. The van der Waals surface area contributed by atoms with Crippen molar-refractivity contribution in [2.24, 2.45) is 0 Å². The van der Waals surface area contributed by atoms with Crippen molar-refractivity contribution >= 4 is 11.9 Å². The highest BCUT2D eigenvalue weighted by atomic mass is 16.5. The van der Waals surface area contributed by atoms with E-state index in [1.807, 2.05) is 0 Å². The van der Waals surface area contributed by atoms with Crippen LogP contribution in [-0.2, 0) is 14.3 Å². The van der Waals surface area contributed by atoms with E-state index in [9.17, 15) is 19.8 Å². The number of carbonyl (C=O) groups is 2. The minimum atomic E-state index is -0.779. The molecular formula is C53H105NO5. The van der Waals surface area contributed by atoms with E-state index in [0.717, 1.165) is 44.9 Å². The van der Waals surface area contributed by atoms with E-state index in [0.29, 0.717) is 19.3 Å². The molecule has 0 saturated carbocycles. The standard InChI is InChI=1S/C53H105NO5/c1-4-7-10-13-16-19-22-24-25-26-28-30-32-35-38-41-44-49(59-53(58)46-43-40-37-34-29-21-18-15-12-9-6-3)47-52(57)54-50(48-55)51(56)45-42-39-36-33-31-27-23-20-17-14-11-8-5-2/h49-51,55-56H,4-48H2,1-3H3,(H,54,57). The van der Waals surface area contributed by atoms with Gasteiger partial charge in [0.15, 0.2) is 0 Å². The molecule has 0 saturated heterocycles. The fraction of sp³-hybridized carbons (Fsp3) is 0.962. The maximum absolute atomic E-state index is 13.2. The summed E-state index contributed by atoms with van der Waals surface area (Å²) < 4.78 is 5.94. The van der Waals surface area contributed by atoms with Gasteiger partial charge >= 0.3 is 5.97 Å². The van der Waals surface area contributed by atoms with E-state index in [1.165, 1.54) is 212 Å². The van der Waals surface area contributed by atoms with Crippen LogP contribution < -0.4 is 5.32 Å². The molecule has 6 nitrogen and oxygen atoms in total.